The normalized spacial score (nSPS) is 14.1. The molecular formula is C27H63NO6P+. The summed E-state index contributed by atoms with van der Waals surface area (Å²) in [5.41, 5.74) is 0. The molecule has 0 fully saturated rings. The van der Waals surface area contributed by atoms with Crippen molar-refractivity contribution >= 4 is 7.82 Å². The minimum atomic E-state index is -4.07. The zero-order valence-corrected chi connectivity index (χ0v) is 23.3. The van der Waals surface area contributed by atoms with Gasteiger partial charge in [-0.1, -0.05) is 105 Å². The fourth-order valence-corrected chi connectivity index (χ4v) is 4.18. The molecule has 0 saturated carbocycles. The van der Waals surface area contributed by atoms with Gasteiger partial charge in [-0.3, -0.25) is 9.05 Å². The van der Waals surface area contributed by atoms with Crippen molar-refractivity contribution in [2.75, 3.05) is 61.2 Å². The van der Waals surface area contributed by atoms with E-state index in [4.69, 9.17) is 18.5 Å². The van der Waals surface area contributed by atoms with Crippen molar-refractivity contribution in [2.45, 2.75) is 118 Å². The van der Waals surface area contributed by atoms with Gasteiger partial charge in [0.05, 0.1) is 34.4 Å². The van der Waals surface area contributed by atoms with E-state index in [-0.39, 0.29) is 34.2 Å². The standard InChI is InChI=1S/C25H54NO6P.2CH4/c1-6-7-8-9-10-11-12-13-14-15-16-17-18-19-21-30-23-25(29-5)24-32-33(27,28)31-22-20-26(2,3)4;;/h25H,6-24H2,1-5H3;2*1H4/p+1. The van der Waals surface area contributed by atoms with Gasteiger partial charge in [-0.05, 0) is 6.42 Å². The summed E-state index contributed by atoms with van der Waals surface area (Å²) in [6, 6.07) is 0. The van der Waals surface area contributed by atoms with E-state index in [0.717, 1.165) is 6.42 Å². The predicted octanol–water partition coefficient (Wildman–Crippen LogP) is 7.61. The number of likely N-dealkylation sites (N-methyl/N-ethyl adjacent to an activating group) is 1. The predicted molar refractivity (Wildman–Crippen MR) is 150 cm³/mol. The molecule has 0 radical (unpaired) electrons. The topological polar surface area (TPSA) is 74.2 Å². The lowest BCUT2D eigenvalue weighted by Crippen LogP contribution is -2.37. The lowest BCUT2D eigenvalue weighted by atomic mass is 10.0. The first kappa shape index (κ1) is 39.5. The molecular weight excluding hydrogens is 465 g/mol. The third-order valence-corrected chi connectivity index (χ3v) is 6.70. The molecule has 0 aliphatic rings. The Balaban J connectivity index is -0.00000512. The third-order valence-electron chi connectivity index (χ3n) is 5.72. The average Bonchev–Trinajstić information content (AvgIpc) is 2.74. The van der Waals surface area contributed by atoms with Crippen molar-refractivity contribution < 1.29 is 32.5 Å². The van der Waals surface area contributed by atoms with E-state index in [2.05, 4.69) is 6.92 Å². The van der Waals surface area contributed by atoms with E-state index in [1.807, 2.05) is 21.1 Å². The number of nitrogens with zero attached hydrogens (tertiary/aromatic N) is 1. The molecule has 0 aliphatic carbocycles. The molecule has 2 unspecified atom stereocenters. The molecule has 1 N–H and O–H groups in total. The van der Waals surface area contributed by atoms with Gasteiger partial charge in [0, 0.05) is 13.7 Å². The molecule has 0 aromatic carbocycles. The first-order valence-electron chi connectivity index (χ1n) is 13.2. The highest BCUT2D eigenvalue weighted by Crippen LogP contribution is 2.43. The van der Waals surface area contributed by atoms with Crippen LogP contribution >= 0.6 is 7.82 Å². The monoisotopic (exact) mass is 528 g/mol. The Hall–Kier alpha value is -0.0100. The summed E-state index contributed by atoms with van der Waals surface area (Å²) in [4.78, 5) is 9.78. The van der Waals surface area contributed by atoms with Gasteiger partial charge in [0.1, 0.15) is 19.3 Å². The van der Waals surface area contributed by atoms with Gasteiger partial charge in [0.15, 0.2) is 0 Å². The van der Waals surface area contributed by atoms with Crippen LogP contribution in [0.2, 0.25) is 0 Å². The van der Waals surface area contributed by atoms with Gasteiger partial charge in [-0.25, -0.2) is 4.57 Å². The van der Waals surface area contributed by atoms with Crippen molar-refractivity contribution in [1.29, 1.82) is 0 Å². The number of rotatable bonds is 25. The van der Waals surface area contributed by atoms with Gasteiger partial charge in [-0.15, -0.1) is 0 Å². The molecule has 2 atom stereocenters. The molecule has 8 heteroatoms. The minimum absolute atomic E-state index is 0. The molecule has 35 heavy (non-hydrogen) atoms. The number of quaternary nitrogens is 1. The largest absolute Gasteiger partial charge is 0.472 e. The van der Waals surface area contributed by atoms with E-state index in [1.165, 1.54) is 83.5 Å². The molecule has 0 aromatic rings. The number of phosphoric ester groups is 1. The number of unbranched alkanes of at least 4 members (excludes halogenated alkanes) is 13. The Bertz CT molecular complexity index is 473. The zero-order valence-electron chi connectivity index (χ0n) is 22.4. The van der Waals surface area contributed by atoms with Crippen molar-refractivity contribution in [3.05, 3.63) is 0 Å². The van der Waals surface area contributed by atoms with Crippen molar-refractivity contribution in [2.24, 2.45) is 0 Å². The van der Waals surface area contributed by atoms with Crippen molar-refractivity contribution in [3.63, 3.8) is 0 Å². The maximum absolute atomic E-state index is 12.0. The third kappa shape index (κ3) is 30.1. The van der Waals surface area contributed by atoms with Crippen LogP contribution in [0.4, 0.5) is 0 Å². The lowest BCUT2D eigenvalue weighted by Gasteiger charge is -2.24. The Morgan fingerprint density at radius 3 is 1.60 bits per heavy atom. The van der Waals surface area contributed by atoms with Crippen LogP contribution in [-0.2, 0) is 23.1 Å². The number of methoxy groups -OCH3 is 1. The number of ether oxygens (including phenoxy) is 2. The summed E-state index contributed by atoms with van der Waals surface area (Å²) < 4.78 is 33.6. The Kier molecular flexibility index (Phi) is 28.9. The fourth-order valence-electron chi connectivity index (χ4n) is 3.44. The maximum Gasteiger partial charge on any atom is 0.472 e. The number of hydrogen-bond acceptors (Lipinski definition) is 5. The van der Waals surface area contributed by atoms with Crippen LogP contribution in [0.3, 0.4) is 0 Å². The van der Waals surface area contributed by atoms with Crippen LogP contribution < -0.4 is 0 Å². The quantitative estimate of drug-likeness (QED) is 0.0747. The van der Waals surface area contributed by atoms with E-state index in [1.54, 1.807) is 7.11 Å². The van der Waals surface area contributed by atoms with Crippen LogP contribution in [-0.4, -0.2) is 76.7 Å². The molecule has 0 aromatic heterocycles. The van der Waals surface area contributed by atoms with Crippen molar-refractivity contribution in [1.82, 2.24) is 0 Å². The fraction of sp³-hybridized carbons (Fsp3) is 1.00. The second kappa shape index (κ2) is 25.6. The summed E-state index contributed by atoms with van der Waals surface area (Å²) >= 11 is 0. The highest BCUT2D eigenvalue weighted by molar-refractivity contribution is 7.47. The summed E-state index contributed by atoms with van der Waals surface area (Å²) in [5, 5.41) is 0. The lowest BCUT2D eigenvalue weighted by molar-refractivity contribution is -0.870. The van der Waals surface area contributed by atoms with Crippen LogP contribution in [0.25, 0.3) is 0 Å². The molecule has 0 bridgehead atoms. The number of hydrogen-bond donors (Lipinski definition) is 1. The second-order valence-corrected chi connectivity index (χ2v) is 11.6. The molecule has 0 rings (SSSR count). The summed E-state index contributed by atoms with van der Waals surface area (Å²) in [6.45, 7) is 4.02. The Morgan fingerprint density at radius 2 is 1.17 bits per heavy atom. The van der Waals surface area contributed by atoms with E-state index in [0.29, 0.717) is 24.2 Å². The summed E-state index contributed by atoms with van der Waals surface area (Å²) in [7, 11) is 3.45. The van der Waals surface area contributed by atoms with E-state index >= 15 is 0 Å². The van der Waals surface area contributed by atoms with Gasteiger partial charge in [0.2, 0.25) is 0 Å². The molecule has 0 amide bonds. The second-order valence-electron chi connectivity index (χ2n) is 10.1. The van der Waals surface area contributed by atoms with E-state index < -0.39 is 7.82 Å². The van der Waals surface area contributed by atoms with Crippen LogP contribution in [0.1, 0.15) is 112 Å². The average molecular weight is 529 g/mol. The molecule has 0 aliphatic heterocycles. The molecule has 0 spiro atoms. The molecule has 0 heterocycles. The summed E-state index contributed by atoms with van der Waals surface area (Å²) in [5.74, 6) is 0. The van der Waals surface area contributed by atoms with Crippen molar-refractivity contribution in [3.8, 4) is 0 Å². The highest BCUT2D eigenvalue weighted by Gasteiger charge is 2.24. The minimum Gasteiger partial charge on any atom is -0.379 e. The van der Waals surface area contributed by atoms with Gasteiger partial charge < -0.3 is 18.9 Å². The smallest absolute Gasteiger partial charge is 0.379 e. The SMILES string of the molecule is C.C.CCCCCCCCCCCCCCCCOCC(COP(=O)(O)OCC[N+](C)(C)C)OC. The zero-order chi connectivity index (χ0) is 24.8. The molecule has 0 saturated heterocycles. The van der Waals surface area contributed by atoms with Gasteiger partial charge in [-0.2, -0.15) is 0 Å². The first-order valence-corrected chi connectivity index (χ1v) is 14.7. The number of phosphoric acid groups is 1. The Morgan fingerprint density at radius 1 is 0.714 bits per heavy atom. The first-order chi connectivity index (χ1) is 15.7. The van der Waals surface area contributed by atoms with Gasteiger partial charge in [0.25, 0.3) is 0 Å². The van der Waals surface area contributed by atoms with Crippen LogP contribution in [0, 0.1) is 0 Å². The Labute approximate surface area is 219 Å². The summed E-state index contributed by atoms with van der Waals surface area (Å²) in [6.07, 6.45) is 18.3. The maximum atomic E-state index is 12.0. The van der Waals surface area contributed by atoms with Gasteiger partial charge >= 0.3 is 7.82 Å². The highest BCUT2D eigenvalue weighted by atomic mass is 31.2. The van der Waals surface area contributed by atoms with Crippen LogP contribution in [0.15, 0.2) is 0 Å². The molecule has 7 nitrogen and oxygen atoms in total. The van der Waals surface area contributed by atoms with E-state index in [9.17, 15) is 9.46 Å². The molecule has 216 valence electrons. The van der Waals surface area contributed by atoms with Crippen LogP contribution in [0.5, 0.6) is 0 Å².